The van der Waals surface area contributed by atoms with Crippen molar-refractivity contribution in [2.45, 2.75) is 25.7 Å². The molecule has 0 heterocycles. The molecule has 0 aliphatic rings. The van der Waals surface area contributed by atoms with E-state index in [2.05, 4.69) is 6.07 Å². The number of ether oxygens (including phenoxy) is 1. The Kier molecular flexibility index (Phi) is 5.58. The van der Waals surface area contributed by atoms with Gasteiger partial charge in [0.25, 0.3) is 0 Å². The molecule has 0 bridgehead atoms. The molecular formula is C13H15NO2S. The molecule has 0 atom stereocenters. The summed E-state index contributed by atoms with van der Waals surface area (Å²) >= 11 is 1.55. The van der Waals surface area contributed by atoms with Gasteiger partial charge in [-0.2, -0.15) is 5.26 Å². The monoisotopic (exact) mass is 249 g/mol. The lowest BCUT2D eigenvalue weighted by atomic mass is 10.1. The van der Waals surface area contributed by atoms with Crippen molar-refractivity contribution in [2.24, 2.45) is 0 Å². The summed E-state index contributed by atoms with van der Waals surface area (Å²) in [5, 5.41) is 8.41. The van der Waals surface area contributed by atoms with Gasteiger partial charge in [0.1, 0.15) is 0 Å². The lowest BCUT2D eigenvalue weighted by Crippen LogP contribution is -2.11. The first-order valence-electron chi connectivity index (χ1n) is 5.38. The predicted octanol–water partition coefficient (Wildman–Crippen LogP) is 3.01. The predicted molar refractivity (Wildman–Crippen MR) is 68.8 cm³/mol. The summed E-state index contributed by atoms with van der Waals surface area (Å²) < 4.78 is 5.09. The maximum absolute atomic E-state index is 11.6. The number of nitriles is 1. The van der Waals surface area contributed by atoms with E-state index < -0.39 is 0 Å². The van der Waals surface area contributed by atoms with Gasteiger partial charge in [-0.05, 0) is 31.5 Å². The Morgan fingerprint density at radius 1 is 1.41 bits per heavy atom. The summed E-state index contributed by atoms with van der Waals surface area (Å²) in [4.78, 5) is 11.6. The van der Waals surface area contributed by atoms with Gasteiger partial charge in [0.05, 0.1) is 23.5 Å². The zero-order valence-corrected chi connectivity index (χ0v) is 10.8. The van der Waals surface area contributed by atoms with Crippen molar-refractivity contribution in [3.05, 3.63) is 35.4 Å². The number of rotatable bonds is 5. The maximum atomic E-state index is 11.6. The van der Waals surface area contributed by atoms with Crippen molar-refractivity contribution in [2.75, 3.05) is 5.75 Å². The topological polar surface area (TPSA) is 50.1 Å². The fourth-order valence-corrected chi connectivity index (χ4v) is 1.86. The van der Waals surface area contributed by atoms with Gasteiger partial charge in [0, 0.05) is 5.75 Å². The highest BCUT2D eigenvalue weighted by molar-refractivity contribution is 7.98. The van der Waals surface area contributed by atoms with Crippen molar-refractivity contribution >= 4 is 17.7 Å². The highest BCUT2D eigenvalue weighted by atomic mass is 32.2. The maximum Gasteiger partial charge on any atom is 0.338 e. The van der Waals surface area contributed by atoms with Gasteiger partial charge in [-0.15, -0.1) is 11.8 Å². The van der Waals surface area contributed by atoms with E-state index in [1.54, 1.807) is 23.9 Å². The number of carbonyl (C=O) groups excluding carboxylic acids is 1. The molecule has 0 N–H and O–H groups in total. The van der Waals surface area contributed by atoms with E-state index >= 15 is 0 Å². The highest BCUT2D eigenvalue weighted by Gasteiger charge is 2.08. The highest BCUT2D eigenvalue weighted by Crippen LogP contribution is 2.13. The van der Waals surface area contributed by atoms with Gasteiger partial charge in [-0.1, -0.05) is 12.1 Å². The second-order valence-electron chi connectivity index (χ2n) is 3.80. The summed E-state index contributed by atoms with van der Waals surface area (Å²) in [6.07, 6.45) is -0.103. The molecule has 0 aliphatic heterocycles. The van der Waals surface area contributed by atoms with E-state index in [-0.39, 0.29) is 12.1 Å². The van der Waals surface area contributed by atoms with Crippen LogP contribution < -0.4 is 0 Å². The number of benzene rings is 1. The number of esters is 1. The molecule has 0 aromatic heterocycles. The van der Waals surface area contributed by atoms with Gasteiger partial charge < -0.3 is 4.74 Å². The van der Waals surface area contributed by atoms with Crippen LogP contribution in [0.3, 0.4) is 0 Å². The second-order valence-corrected chi connectivity index (χ2v) is 4.79. The van der Waals surface area contributed by atoms with E-state index in [1.807, 2.05) is 26.0 Å². The van der Waals surface area contributed by atoms with E-state index in [1.165, 1.54) is 0 Å². The first-order chi connectivity index (χ1) is 8.13. The molecular weight excluding hydrogens is 234 g/mol. The molecule has 1 aromatic carbocycles. The Hall–Kier alpha value is -1.47. The molecule has 0 amide bonds. The molecule has 17 heavy (non-hydrogen) atoms. The minimum Gasteiger partial charge on any atom is -0.459 e. The summed E-state index contributed by atoms with van der Waals surface area (Å²) in [6, 6.07) is 9.37. The minimum absolute atomic E-state index is 0.103. The van der Waals surface area contributed by atoms with Crippen LogP contribution in [0.15, 0.2) is 24.3 Å². The molecule has 0 unspecified atom stereocenters. The van der Waals surface area contributed by atoms with E-state index in [0.717, 1.165) is 11.3 Å². The number of hydrogen-bond donors (Lipinski definition) is 0. The van der Waals surface area contributed by atoms with Crippen molar-refractivity contribution in [3.63, 3.8) is 0 Å². The molecule has 0 radical (unpaired) electrons. The second kappa shape index (κ2) is 6.97. The lowest BCUT2D eigenvalue weighted by molar-refractivity contribution is 0.0378. The van der Waals surface area contributed by atoms with Crippen LogP contribution in [0.4, 0.5) is 0 Å². The number of carbonyl (C=O) groups is 1. The first kappa shape index (κ1) is 13.6. The van der Waals surface area contributed by atoms with E-state index in [4.69, 9.17) is 10.00 Å². The van der Waals surface area contributed by atoms with Crippen LogP contribution >= 0.6 is 11.8 Å². The summed E-state index contributed by atoms with van der Waals surface area (Å²) in [5.41, 5.74) is 1.67. The van der Waals surface area contributed by atoms with Crippen LogP contribution in [0.25, 0.3) is 0 Å². The summed E-state index contributed by atoms with van der Waals surface area (Å²) in [6.45, 7) is 3.65. The average Bonchev–Trinajstić information content (AvgIpc) is 2.29. The summed E-state index contributed by atoms with van der Waals surface area (Å²) in [7, 11) is 0. The Morgan fingerprint density at radius 2 is 2.06 bits per heavy atom. The molecule has 0 saturated carbocycles. The standard InChI is InChI=1S/C13H15NO2S/c1-10(2)16-13(15)12-5-3-11(4-6-12)9-17-8-7-14/h3-6,10H,8-9H2,1-2H3. The molecule has 0 saturated heterocycles. The van der Waals surface area contributed by atoms with Crippen LogP contribution in [0.2, 0.25) is 0 Å². The normalized spacial score (nSPS) is 10.0. The number of thioether (sulfide) groups is 1. The van der Waals surface area contributed by atoms with Crippen molar-refractivity contribution in [1.82, 2.24) is 0 Å². The van der Waals surface area contributed by atoms with Crippen LogP contribution in [0.5, 0.6) is 0 Å². The fourth-order valence-electron chi connectivity index (χ4n) is 1.23. The van der Waals surface area contributed by atoms with E-state index in [0.29, 0.717) is 11.3 Å². The van der Waals surface area contributed by atoms with Crippen LogP contribution in [-0.2, 0) is 10.5 Å². The quantitative estimate of drug-likeness (QED) is 0.594. The summed E-state index contributed by atoms with van der Waals surface area (Å²) in [5.74, 6) is 0.973. The molecule has 1 aromatic rings. The average molecular weight is 249 g/mol. The SMILES string of the molecule is CC(C)OC(=O)c1ccc(CSCC#N)cc1. The molecule has 90 valence electrons. The fraction of sp³-hybridized carbons (Fsp3) is 0.385. The van der Waals surface area contributed by atoms with Gasteiger partial charge in [0.2, 0.25) is 0 Å². The van der Waals surface area contributed by atoms with Crippen LogP contribution in [0.1, 0.15) is 29.8 Å². The van der Waals surface area contributed by atoms with E-state index in [9.17, 15) is 4.79 Å². The largest absolute Gasteiger partial charge is 0.459 e. The Labute approximate surface area is 106 Å². The van der Waals surface area contributed by atoms with Crippen molar-refractivity contribution in [3.8, 4) is 6.07 Å². The molecule has 3 nitrogen and oxygen atoms in total. The van der Waals surface area contributed by atoms with Gasteiger partial charge in [0.15, 0.2) is 0 Å². The third kappa shape index (κ3) is 4.92. The van der Waals surface area contributed by atoms with Gasteiger partial charge in [-0.3, -0.25) is 0 Å². The van der Waals surface area contributed by atoms with Crippen molar-refractivity contribution < 1.29 is 9.53 Å². The Balaban J connectivity index is 2.56. The molecule has 0 spiro atoms. The molecule has 1 rings (SSSR count). The zero-order chi connectivity index (χ0) is 12.7. The molecule has 0 fully saturated rings. The third-order valence-electron chi connectivity index (χ3n) is 1.97. The van der Waals surface area contributed by atoms with Crippen LogP contribution in [-0.4, -0.2) is 17.8 Å². The third-order valence-corrected chi connectivity index (χ3v) is 2.84. The zero-order valence-electron chi connectivity index (χ0n) is 9.97. The van der Waals surface area contributed by atoms with Crippen molar-refractivity contribution in [1.29, 1.82) is 5.26 Å². The number of nitrogens with zero attached hydrogens (tertiary/aromatic N) is 1. The Bertz CT molecular complexity index is 406. The molecule has 0 aliphatic carbocycles. The first-order valence-corrected chi connectivity index (χ1v) is 6.53. The smallest absolute Gasteiger partial charge is 0.338 e. The van der Waals surface area contributed by atoms with Crippen LogP contribution in [0, 0.1) is 11.3 Å². The lowest BCUT2D eigenvalue weighted by Gasteiger charge is -2.08. The minimum atomic E-state index is -0.295. The number of hydrogen-bond acceptors (Lipinski definition) is 4. The molecule has 4 heteroatoms. The Morgan fingerprint density at radius 3 is 2.59 bits per heavy atom. The van der Waals surface area contributed by atoms with Gasteiger partial charge >= 0.3 is 5.97 Å². The van der Waals surface area contributed by atoms with Gasteiger partial charge in [-0.25, -0.2) is 4.79 Å².